The number of nitrogens with zero attached hydrogens (tertiary/aromatic N) is 5. The van der Waals surface area contributed by atoms with Gasteiger partial charge in [-0.1, -0.05) is 13.8 Å². The molecule has 0 aromatic carbocycles. The SMILES string of the molecule is CN=C(NCC1CN(CC(C)C)CCO1)N1CCC(c2cnn(C)c2)C1. The van der Waals surface area contributed by atoms with Crippen molar-refractivity contribution in [3.05, 3.63) is 18.0 Å². The van der Waals surface area contributed by atoms with Crippen LogP contribution in [0.2, 0.25) is 0 Å². The van der Waals surface area contributed by atoms with Crippen molar-refractivity contribution < 1.29 is 4.74 Å². The Morgan fingerprint density at radius 2 is 2.23 bits per heavy atom. The Balaban J connectivity index is 1.48. The molecule has 2 aliphatic heterocycles. The highest BCUT2D eigenvalue weighted by Gasteiger charge is 2.28. The van der Waals surface area contributed by atoms with Gasteiger partial charge in [-0.15, -0.1) is 0 Å². The Labute approximate surface area is 157 Å². The lowest BCUT2D eigenvalue weighted by Gasteiger charge is -2.34. The van der Waals surface area contributed by atoms with Gasteiger partial charge in [0.05, 0.1) is 18.9 Å². The number of hydrogen-bond acceptors (Lipinski definition) is 4. The number of morpholine rings is 1. The summed E-state index contributed by atoms with van der Waals surface area (Å²) in [6, 6.07) is 0. The van der Waals surface area contributed by atoms with Crippen molar-refractivity contribution in [2.45, 2.75) is 32.3 Å². The Morgan fingerprint density at radius 1 is 1.38 bits per heavy atom. The fourth-order valence-electron chi connectivity index (χ4n) is 4.00. The normalized spacial score (nSPS) is 25.3. The van der Waals surface area contributed by atoms with E-state index in [4.69, 9.17) is 4.74 Å². The van der Waals surface area contributed by atoms with Gasteiger partial charge in [-0.3, -0.25) is 14.6 Å². The quantitative estimate of drug-likeness (QED) is 0.629. The van der Waals surface area contributed by atoms with Crippen molar-refractivity contribution in [3.63, 3.8) is 0 Å². The van der Waals surface area contributed by atoms with Gasteiger partial charge >= 0.3 is 0 Å². The molecule has 1 aromatic heterocycles. The van der Waals surface area contributed by atoms with Gasteiger partial charge in [-0.2, -0.15) is 5.10 Å². The van der Waals surface area contributed by atoms with Crippen molar-refractivity contribution in [2.75, 3.05) is 52.9 Å². The van der Waals surface area contributed by atoms with E-state index in [1.54, 1.807) is 0 Å². The van der Waals surface area contributed by atoms with Crippen molar-refractivity contribution in [3.8, 4) is 0 Å². The van der Waals surface area contributed by atoms with Crippen molar-refractivity contribution in [1.29, 1.82) is 0 Å². The zero-order valence-corrected chi connectivity index (χ0v) is 16.7. The van der Waals surface area contributed by atoms with E-state index >= 15 is 0 Å². The van der Waals surface area contributed by atoms with Crippen molar-refractivity contribution >= 4 is 5.96 Å². The third kappa shape index (κ3) is 4.98. The van der Waals surface area contributed by atoms with Crippen LogP contribution in [-0.4, -0.2) is 84.6 Å². The molecule has 1 N–H and O–H groups in total. The molecule has 2 unspecified atom stereocenters. The topological polar surface area (TPSA) is 57.9 Å². The monoisotopic (exact) mass is 362 g/mol. The van der Waals surface area contributed by atoms with E-state index in [-0.39, 0.29) is 6.10 Å². The van der Waals surface area contributed by atoms with Gasteiger partial charge in [-0.05, 0) is 17.9 Å². The van der Waals surface area contributed by atoms with Gasteiger partial charge in [0.1, 0.15) is 0 Å². The molecule has 0 saturated carbocycles. The number of rotatable bonds is 5. The summed E-state index contributed by atoms with van der Waals surface area (Å²) in [5.74, 6) is 2.22. The molecule has 0 bridgehead atoms. The average Bonchev–Trinajstić information content (AvgIpc) is 3.24. The standard InChI is InChI=1S/C19H34N6O/c1-15(2)11-24-7-8-26-18(14-24)10-21-19(20-3)25-6-5-16(13-25)17-9-22-23(4)12-17/h9,12,15-16,18H,5-8,10-11,13-14H2,1-4H3,(H,20,21). The first-order chi connectivity index (χ1) is 12.5. The molecule has 7 heteroatoms. The summed E-state index contributed by atoms with van der Waals surface area (Å²) in [7, 11) is 3.84. The average molecular weight is 363 g/mol. The Morgan fingerprint density at radius 3 is 2.92 bits per heavy atom. The molecule has 0 amide bonds. The van der Waals surface area contributed by atoms with Crippen LogP contribution in [0.15, 0.2) is 17.4 Å². The number of hydrogen-bond donors (Lipinski definition) is 1. The highest BCUT2D eigenvalue weighted by atomic mass is 16.5. The Kier molecular flexibility index (Phi) is 6.53. The van der Waals surface area contributed by atoms with Crippen molar-refractivity contribution in [2.24, 2.45) is 18.0 Å². The molecule has 2 saturated heterocycles. The van der Waals surface area contributed by atoms with E-state index in [0.29, 0.717) is 11.8 Å². The molecule has 26 heavy (non-hydrogen) atoms. The van der Waals surface area contributed by atoms with Gasteiger partial charge in [0, 0.05) is 65.5 Å². The van der Waals surface area contributed by atoms with E-state index < -0.39 is 0 Å². The number of aliphatic imine (C=N–C) groups is 1. The molecule has 3 rings (SSSR count). The van der Waals surface area contributed by atoms with Gasteiger partial charge in [0.15, 0.2) is 5.96 Å². The van der Waals surface area contributed by atoms with Crippen LogP contribution in [0.25, 0.3) is 0 Å². The fourth-order valence-corrected chi connectivity index (χ4v) is 4.00. The summed E-state index contributed by atoms with van der Waals surface area (Å²) in [5, 5.41) is 7.84. The van der Waals surface area contributed by atoms with Crippen LogP contribution < -0.4 is 5.32 Å². The lowest BCUT2D eigenvalue weighted by Crippen LogP contribution is -2.50. The second-order valence-corrected chi connectivity index (χ2v) is 7.95. The van der Waals surface area contributed by atoms with Gasteiger partial charge < -0.3 is 15.0 Å². The maximum Gasteiger partial charge on any atom is 0.193 e. The number of likely N-dealkylation sites (tertiary alicyclic amines) is 1. The van der Waals surface area contributed by atoms with E-state index in [1.807, 2.05) is 25.0 Å². The molecule has 0 aliphatic carbocycles. The van der Waals surface area contributed by atoms with Crippen LogP contribution in [-0.2, 0) is 11.8 Å². The zero-order chi connectivity index (χ0) is 18.5. The first-order valence-electron chi connectivity index (χ1n) is 9.83. The highest BCUT2D eigenvalue weighted by Crippen LogP contribution is 2.26. The molecule has 2 atom stereocenters. The molecule has 3 heterocycles. The molecular weight excluding hydrogens is 328 g/mol. The maximum absolute atomic E-state index is 5.95. The number of ether oxygens (including phenoxy) is 1. The molecule has 146 valence electrons. The van der Waals surface area contributed by atoms with Gasteiger partial charge in [0.2, 0.25) is 0 Å². The van der Waals surface area contributed by atoms with E-state index in [9.17, 15) is 0 Å². The fraction of sp³-hybridized carbons (Fsp3) is 0.789. The second-order valence-electron chi connectivity index (χ2n) is 7.95. The van der Waals surface area contributed by atoms with Gasteiger partial charge in [0.25, 0.3) is 0 Å². The molecule has 0 radical (unpaired) electrons. The molecule has 1 aromatic rings. The van der Waals surface area contributed by atoms with Crippen LogP contribution in [0, 0.1) is 5.92 Å². The zero-order valence-electron chi connectivity index (χ0n) is 16.7. The summed E-state index contributed by atoms with van der Waals surface area (Å²) in [6.07, 6.45) is 5.50. The largest absolute Gasteiger partial charge is 0.374 e. The van der Waals surface area contributed by atoms with Crippen LogP contribution >= 0.6 is 0 Å². The van der Waals surface area contributed by atoms with Gasteiger partial charge in [-0.25, -0.2) is 0 Å². The number of aryl methyl sites for hydroxylation is 1. The molecule has 0 spiro atoms. The first kappa shape index (κ1) is 19.2. The number of aromatic nitrogens is 2. The summed E-state index contributed by atoms with van der Waals surface area (Å²) >= 11 is 0. The maximum atomic E-state index is 5.95. The van der Waals surface area contributed by atoms with Crippen LogP contribution in [0.4, 0.5) is 0 Å². The molecule has 2 fully saturated rings. The second kappa shape index (κ2) is 8.86. The summed E-state index contributed by atoms with van der Waals surface area (Å²) in [6.45, 7) is 11.4. The van der Waals surface area contributed by atoms with E-state index in [0.717, 1.165) is 58.3 Å². The third-order valence-electron chi connectivity index (χ3n) is 5.23. The van der Waals surface area contributed by atoms with E-state index in [2.05, 4.69) is 45.3 Å². The predicted octanol–water partition coefficient (Wildman–Crippen LogP) is 1.14. The van der Waals surface area contributed by atoms with Crippen molar-refractivity contribution in [1.82, 2.24) is 24.9 Å². The number of nitrogens with one attached hydrogen (secondary N) is 1. The molecular formula is C19H34N6O. The van der Waals surface area contributed by atoms with Crippen LogP contribution in [0.3, 0.4) is 0 Å². The lowest BCUT2D eigenvalue weighted by atomic mass is 10.0. The lowest BCUT2D eigenvalue weighted by molar-refractivity contribution is -0.0286. The minimum atomic E-state index is 0.232. The number of guanidine groups is 1. The third-order valence-corrected chi connectivity index (χ3v) is 5.23. The molecule has 7 nitrogen and oxygen atoms in total. The summed E-state index contributed by atoms with van der Waals surface area (Å²) < 4.78 is 7.84. The molecule has 2 aliphatic rings. The highest BCUT2D eigenvalue weighted by molar-refractivity contribution is 5.80. The van der Waals surface area contributed by atoms with Crippen LogP contribution in [0.1, 0.15) is 31.7 Å². The van der Waals surface area contributed by atoms with E-state index in [1.165, 1.54) is 5.56 Å². The minimum absolute atomic E-state index is 0.232. The Bertz CT molecular complexity index is 599. The predicted molar refractivity (Wildman–Crippen MR) is 105 cm³/mol. The van der Waals surface area contributed by atoms with Crippen LogP contribution in [0.5, 0.6) is 0 Å². The smallest absolute Gasteiger partial charge is 0.193 e. The minimum Gasteiger partial charge on any atom is -0.374 e. The summed E-state index contributed by atoms with van der Waals surface area (Å²) in [5.41, 5.74) is 1.32. The summed E-state index contributed by atoms with van der Waals surface area (Å²) in [4.78, 5) is 9.36. The first-order valence-corrected chi connectivity index (χ1v) is 9.83. The Hall–Kier alpha value is -1.60.